The zero-order valence-corrected chi connectivity index (χ0v) is 13.2. The molecule has 1 aromatic carbocycles. The smallest absolute Gasteiger partial charge is 0.142 e. The molecule has 2 nitrogen and oxygen atoms in total. The third-order valence-corrected chi connectivity index (χ3v) is 4.37. The van der Waals surface area contributed by atoms with E-state index < -0.39 is 0 Å². The van der Waals surface area contributed by atoms with Crippen LogP contribution in [-0.2, 0) is 0 Å². The zero-order chi connectivity index (χ0) is 14.4. The van der Waals surface area contributed by atoms with Crippen LogP contribution in [0.1, 0.15) is 52.9 Å². The molecule has 1 saturated carbocycles. The molecule has 0 aromatic heterocycles. The summed E-state index contributed by atoms with van der Waals surface area (Å²) in [5, 5.41) is 3.72. The Morgan fingerprint density at radius 3 is 2.80 bits per heavy atom. The van der Waals surface area contributed by atoms with E-state index in [4.69, 9.17) is 4.74 Å². The first-order valence-corrected chi connectivity index (χ1v) is 8.19. The van der Waals surface area contributed by atoms with Gasteiger partial charge in [0.1, 0.15) is 5.75 Å². The minimum atomic E-state index is 0.600. The molecular weight excluding hydrogens is 246 g/mol. The van der Waals surface area contributed by atoms with Crippen molar-refractivity contribution < 1.29 is 4.74 Å². The monoisotopic (exact) mass is 275 g/mol. The van der Waals surface area contributed by atoms with Crippen molar-refractivity contribution >= 4 is 5.69 Å². The minimum Gasteiger partial charge on any atom is -0.491 e. The predicted octanol–water partition coefficient (Wildman–Crippen LogP) is 5.10. The highest BCUT2D eigenvalue weighted by Crippen LogP contribution is 2.33. The van der Waals surface area contributed by atoms with Crippen LogP contribution >= 0.6 is 0 Å². The molecule has 0 aliphatic heterocycles. The molecule has 0 saturated heterocycles. The van der Waals surface area contributed by atoms with Gasteiger partial charge < -0.3 is 10.1 Å². The third-order valence-electron chi connectivity index (χ3n) is 4.37. The van der Waals surface area contributed by atoms with Crippen molar-refractivity contribution in [3.05, 3.63) is 24.3 Å². The minimum absolute atomic E-state index is 0.600. The molecule has 1 N–H and O–H groups in total. The molecular formula is C18H29NO. The maximum atomic E-state index is 5.84. The fraction of sp³-hybridized carbons (Fsp3) is 0.667. The van der Waals surface area contributed by atoms with Gasteiger partial charge in [0.15, 0.2) is 0 Å². The summed E-state index contributed by atoms with van der Waals surface area (Å²) < 4.78 is 5.84. The standard InChI is InChI=1S/C18H29NO/c1-4-12-20-18-11-6-5-10-17(18)19-16-9-7-8-15(13-16)14(2)3/h5-6,10-11,14-16,19H,4,7-9,12-13H2,1-3H3. The second kappa shape index (κ2) is 7.56. The molecule has 0 radical (unpaired) electrons. The van der Waals surface area contributed by atoms with Crippen LogP contribution in [0.5, 0.6) is 5.75 Å². The quantitative estimate of drug-likeness (QED) is 0.779. The normalized spacial score (nSPS) is 22.8. The van der Waals surface area contributed by atoms with Gasteiger partial charge in [-0.3, -0.25) is 0 Å². The molecule has 1 aliphatic carbocycles. The Balaban J connectivity index is 1.98. The van der Waals surface area contributed by atoms with Crippen molar-refractivity contribution in [1.29, 1.82) is 0 Å². The van der Waals surface area contributed by atoms with Gasteiger partial charge in [0.05, 0.1) is 12.3 Å². The molecule has 1 aliphatic rings. The van der Waals surface area contributed by atoms with E-state index in [9.17, 15) is 0 Å². The van der Waals surface area contributed by atoms with Crippen molar-refractivity contribution in [2.24, 2.45) is 11.8 Å². The van der Waals surface area contributed by atoms with Crippen molar-refractivity contribution in [3.63, 3.8) is 0 Å². The van der Waals surface area contributed by atoms with Gasteiger partial charge in [0.2, 0.25) is 0 Å². The molecule has 20 heavy (non-hydrogen) atoms. The summed E-state index contributed by atoms with van der Waals surface area (Å²) in [6.45, 7) is 7.64. The molecule has 2 atom stereocenters. The maximum absolute atomic E-state index is 5.84. The molecule has 2 heteroatoms. The number of benzene rings is 1. The van der Waals surface area contributed by atoms with Crippen LogP contribution < -0.4 is 10.1 Å². The summed E-state index contributed by atoms with van der Waals surface area (Å²) in [4.78, 5) is 0. The van der Waals surface area contributed by atoms with E-state index in [0.717, 1.165) is 36.3 Å². The van der Waals surface area contributed by atoms with Gasteiger partial charge in [-0.05, 0) is 43.2 Å². The van der Waals surface area contributed by atoms with E-state index in [1.165, 1.54) is 25.7 Å². The number of para-hydroxylation sites is 2. The Morgan fingerprint density at radius 1 is 1.25 bits per heavy atom. The highest BCUT2D eigenvalue weighted by Gasteiger charge is 2.24. The Bertz CT molecular complexity index is 402. The molecule has 0 bridgehead atoms. The van der Waals surface area contributed by atoms with E-state index in [2.05, 4.69) is 44.3 Å². The summed E-state index contributed by atoms with van der Waals surface area (Å²) in [5.41, 5.74) is 1.16. The highest BCUT2D eigenvalue weighted by atomic mass is 16.5. The van der Waals surface area contributed by atoms with Crippen LogP contribution in [0.3, 0.4) is 0 Å². The van der Waals surface area contributed by atoms with Gasteiger partial charge in [-0.15, -0.1) is 0 Å². The lowest BCUT2D eigenvalue weighted by atomic mass is 9.79. The van der Waals surface area contributed by atoms with Gasteiger partial charge >= 0.3 is 0 Å². The van der Waals surface area contributed by atoms with Crippen LogP contribution in [0, 0.1) is 11.8 Å². The number of anilines is 1. The summed E-state index contributed by atoms with van der Waals surface area (Å²) in [6, 6.07) is 8.95. The first-order valence-electron chi connectivity index (χ1n) is 8.19. The molecule has 0 spiro atoms. The number of ether oxygens (including phenoxy) is 1. The molecule has 112 valence electrons. The van der Waals surface area contributed by atoms with E-state index in [0.29, 0.717) is 6.04 Å². The number of nitrogens with one attached hydrogen (secondary N) is 1. The topological polar surface area (TPSA) is 21.3 Å². The fourth-order valence-electron chi connectivity index (χ4n) is 3.11. The van der Waals surface area contributed by atoms with Crippen LogP contribution in [0.4, 0.5) is 5.69 Å². The largest absolute Gasteiger partial charge is 0.491 e. The number of hydrogen-bond acceptors (Lipinski definition) is 2. The molecule has 2 rings (SSSR count). The summed E-state index contributed by atoms with van der Waals surface area (Å²) in [7, 11) is 0. The van der Waals surface area contributed by atoms with E-state index in [1.54, 1.807) is 0 Å². The van der Waals surface area contributed by atoms with Gasteiger partial charge in [0, 0.05) is 6.04 Å². The van der Waals surface area contributed by atoms with Crippen LogP contribution in [-0.4, -0.2) is 12.6 Å². The average molecular weight is 275 g/mol. The molecule has 1 aromatic rings. The van der Waals surface area contributed by atoms with Gasteiger partial charge in [-0.2, -0.15) is 0 Å². The Hall–Kier alpha value is -1.18. The number of rotatable bonds is 6. The fourth-order valence-corrected chi connectivity index (χ4v) is 3.11. The molecule has 2 unspecified atom stereocenters. The van der Waals surface area contributed by atoms with Crippen molar-refractivity contribution in [2.45, 2.75) is 58.9 Å². The Kier molecular flexibility index (Phi) is 5.75. The maximum Gasteiger partial charge on any atom is 0.142 e. The van der Waals surface area contributed by atoms with Crippen LogP contribution in [0.15, 0.2) is 24.3 Å². The van der Waals surface area contributed by atoms with Gasteiger partial charge in [-0.25, -0.2) is 0 Å². The van der Waals surface area contributed by atoms with Crippen molar-refractivity contribution in [1.82, 2.24) is 0 Å². The van der Waals surface area contributed by atoms with Gasteiger partial charge in [0.25, 0.3) is 0 Å². The third kappa shape index (κ3) is 4.16. The van der Waals surface area contributed by atoms with E-state index >= 15 is 0 Å². The second-order valence-corrected chi connectivity index (χ2v) is 6.36. The molecule has 0 heterocycles. The van der Waals surface area contributed by atoms with E-state index in [-0.39, 0.29) is 0 Å². The number of hydrogen-bond donors (Lipinski definition) is 1. The van der Waals surface area contributed by atoms with Crippen molar-refractivity contribution in [2.75, 3.05) is 11.9 Å². The lowest BCUT2D eigenvalue weighted by molar-refractivity contribution is 0.263. The van der Waals surface area contributed by atoms with Crippen molar-refractivity contribution in [3.8, 4) is 5.75 Å². The first kappa shape index (κ1) is 15.2. The van der Waals surface area contributed by atoms with E-state index in [1.807, 2.05) is 6.07 Å². The second-order valence-electron chi connectivity index (χ2n) is 6.36. The SMILES string of the molecule is CCCOc1ccccc1NC1CCCC(C(C)C)C1. The summed E-state index contributed by atoms with van der Waals surface area (Å²) in [6.07, 6.45) is 6.36. The zero-order valence-electron chi connectivity index (χ0n) is 13.2. The summed E-state index contributed by atoms with van der Waals surface area (Å²) in [5.74, 6) is 2.66. The predicted molar refractivity (Wildman–Crippen MR) is 86.4 cm³/mol. The summed E-state index contributed by atoms with van der Waals surface area (Å²) >= 11 is 0. The lowest BCUT2D eigenvalue weighted by Gasteiger charge is -2.33. The highest BCUT2D eigenvalue weighted by molar-refractivity contribution is 5.56. The van der Waals surface area contributed by atoms with Gasteiger partial charge in [-0.1, -0.05) is 45.7 Å². The van der Waals surface area contributed by atoms with Crippen LogP contribution in [0.25, 0.3) is 0 Å². The molecule has 1 fully saturated rings. The lowest BCUT2D eigenvalue weighted by Crippen LogP contribution is -2.29. The molecule has 0 amide bonds. The first-order chi connectivity index (χ1) is 9.70. The Labute approximate surface area is 123 Å². The van der Waals surface area contributed by atoms with Crippen LogP contribution in [0.2, 0.25) is 0 Å². The Morgan fingerprint density at radius 2 is 2.05 bits per heavy atom. The average Bonchev–Trinajstić information content (AvgIpc) is 2.46.